The third-order valence-electron chi connectivity index (χ3n) is 5.10. The minimum Gasteiger partial charge on any atom is -0.457 e. The molecule has 166 valence electrons. The van der Waals surface area contributed by atoms with E-state index in [4.69, 9.17) is 32.5 Å². The van der Waals surface area contributed by atoms with E-state index in [2.05, 4.69) is 4.99 Å². The molecular formula is C27H24ClN3O2. The van der Waals surface area contributed by atoms with Crippen LogP contribution in [0.25, 0.3) is 0 Å². The maximum Gasteiger partial charge on any atom is 0.146 e. The number of nitrogen functional groups attached to an aromatic ring is 2. The predicted molar refractivity (Wildman–Crippen MR) is 136 cm³/mol. The molecule has 0 aliphatic carbocycles. The Morgan fingerprint density at radius 3 is 1.85 bits per heavy atom. The Kier molecular flexibility index (Phi) is 6.52. The summed E-state index contributed by atoms with van der Waals surface area (Å²) in [5, 5.41) is 0.474. The molecule has 33 heavy (non-hydrogen) atoms. The van der Waals surface area contributed by atoms with Gasteiger partial charge >= 0.3 is 0 Å². The fraction of sp³-hybridized carbons (Fsp3) is 0.0741. The van der Waals surface area contributed by atoms with E-state index in [1.54, 1.807) is 18.3 Å². The van der Waals surface area contributed by atoms with Crippen molar-refractivity contribution in [1.82, 2.24) is 0 Å². The van der Waals surface area contributed by atoms with Gasteiger partial charge in [0.05, 0.1) is 10.7 Å². The number of hydrogen-bond donors (Lipinski definition) is 2. The zero-order valence-corrected chi connectivity index (χ0v) is 19.1. The molecular weight excluding hydrogens is 434 g/mol. The van der Waals surface area contributed by atoms with Gasteiger partial charge in [-0.25, -0.2) is 0 Å². The van der Waals surface area contributed by atoms with Gasteiger partial charge in [0.15, 0.2) is 0 Å². The summed E-state index contributed by atoms with van der Waals surface area (Å²) in [6.07, 6.45) is 1.77. The molecule has 4 N–H and O–H groups in total. The first kappa shape index (κ1) is 22.2. The van der Waals surface area contributed by atoms with E-state index >= 15 is 0 Å². The number of hydrogen-bond acceptors (Lipinski definition) is 5. The number of aryl methyl sites for hydroxylation is 2. The summed E-state index contributed by atoms with van der Waals surface area (Å²) in [6.45, 7) is 3.88. The van der Waals surface area contributed by atoms with Gasteiger partial charge in [-0.15, -0.1) is 0 Å². The highest BCUT2D eigenvalue weighted by molar-refractivity contribution is 6.32. The summed E-state index contributed by atoms with van der Waals surface area (Å²) < 4.78 is 11.8. The van der Waals surface area contributed by atoms with Crippen LogP contribution >= 0.6 is 11.6 Å². The van der Waals surface area contributed by atoms with E-state index in [0.29, 0.717) is 16.5 Å². The number of anilines is 2. The van der Waals surface area contributed by atoms with Gasteiger partial charge in [-0.2, -0.15) is 0 Å². The Hall–Kier alpha value is -3.96. The lowest BCUT2D eigenvalue weighted by Gasteiger charge is -2.10. The van der Waals surface area contributed by atoms with Gasteiger partial charge in [0, 0.05) is 17.6 Å². The quantitative estimate of drug-likeness (QED) is 0.232. The smallest absolute Gasteiger partial charge is 0.146 e. The van der Waals surface area contributed by atoms with Gasteiger partial charge in [0.2, 0.25) is 0 Å². The van der Waals surface area contributed by atoms with Crippen molar-refractivity contribution in [2.24, 2.45) is 4.99 Å². The topological polar surface area (TPSA) is 82.9 Å². The molecule has 0 bridgehead atoms. The molecule has 4 rings (SSSR count). The number of aliphatic imine (C=N–C) groups is 1. The van der Waals surface area contributed by atoms with Crippen molar-refractivity contribution in [2.45, 2.75) is 13.8 Å². The zero-order chi connectivity index (χ0) is 23.4. The summed E-state index contributed by atoms with van der Waals surface area (Å²) >= 11 is 6.40. The molecule has 0 fully saturated rings. The first-order valence-corrected chi connectivity index (χ1v) is 10.8. The molecule has 0 aromatic heterocycles. The molecule has 0 unspecified atom stereocenters. The van der Waals surface area contributed by atoms with Crippen LogP contribution in [-0.4, -0.2) is 6.21 Å². The Balaban J connectivity index is 1.41. The van der Waals surface area contributed by atoms with Crippen molar-refractivity contribution in [3.05, 3.63) is 101 Å². The van der Waals surface area contributed by atoms with Crippen molar-refractivity contribution in [1.29, 1.82) is 0 Å². The number of ether oxygens (including phenoxy) is 2. The number of rotatable bonds is 6. The van der Waals surface area contributed by atoms with Crippen molar-refractivity contribution in [3.8, 4) is 23.0 Å². The Bertz CT molecular complexity index is 1320. The zero-order valence-electron chi connectivity index (χ0n) is 18.4. The number of halogens is 1. The molecule has 6 heteroatoms. The minimum atomic E-state index is 0.474. The lowest BCUT2D eigenvalue weighted by molar-refractivity contribution is 0.482. The van der Waals surface area contributed by atoms with E-state index in [1.807, 2.05) is 80.6 Å². The summed E-state index contributed by atoms with van der Waals surface area (Å²) in [4.78, 5) is 4.51. The molecule has 0 atom stereocenters. The standard InChI is InChI=1S/C27H24ClN3O2/c1-17-13-22(8-10-25(17)29)32-21-6-3-19(4-7-21)16-31-20-5-12-27(24(28)15-20)33-23-9-11-26(30)18(2)14-23/h3-16H,29-30H2,1-2H3. The molecule has 5 nitrogen and oxygen atoms in total. The van der Waals surface area contributed by atoms with Crippen LogP contribution in [0, 0.1) is 13.8 Å². The highest BCUT2D eigenvalue weighted by Gasteiger charge is 2.06. The second-order valence-corrected chi connectivity index (χ2v) is 8.09. The van der Waals surface area contributed by atoms with Gasteiger partial charge < -0.3 is 20.9 Å². The van der Waals surface area contributed by atoms with Gasteiger partial charge in [0.25, 0.3) is 0 Å². The van der Waals surface area contributed by atoms with Crippen LogP contribution in [-0.2, 0) is 0 Å². The molecule has 0 amide bonds. The largest absolute Gasteiger partial charge is 0.457 e. The van der Waals surface area contributed by atoms with Crippen molar-refractivity contribution < 1.29 is 9.47 Å². The maximum absolute atomic E-state index is 6.40. The molecule has 4 aromatic carbocycles. The van der Waals surface area contributed by atoms with E-state index in [-0.39, 0.29) is 0 Å². The van der Waals surface area contributed by atoms with Gasteiger partial charge in [-0.05, 0) is 109 Å². The van der Waals surface area contributed by atoms with Crippen LogP contribution in [0.4, 0.5) is 17.1 Å². The van der Waals surface area contributed by atoms with E-state index in [0.717, 1.165) is 45.3 Å². The lowest BCUT2D eigenvalue weighted by atomic mass is 10.2. The minimum absolute atomic E-state index is 0.474. The van der Waals surface area contributed by atoms with Gasteiger partial charge in [0.1, 0.15) is 23.0 Å². The molecule has 4 aromatic rings. The molecule has 0 spiro atoms. The highest BCUT2D eigenvalue weighted by atomic mass is 35.5. The third kappa shape index (κ3) is 5.64. The van der Waals surface area contributed by atoms with Crippen LogP contribution in [0.15, 0.2) is 83.9 Å². The number of benzene rings is 4. The monoisotopic (exact) mass is 457 g/mol. The Labute approximate surface area is 198 Å². The SMILES string of the molecule is Cc1cc(Oc2ccc(C=Nc3ccc(Oc4ccc(N)c(C)c4)c(Cl)c3)cc2)ccc1N. The normalized spacial score (nSPS) is 11.0. The predicted octanol–water partition coefficient (Wildman–Crippen LogP) is 7.46. The van der Waals surface area contributed by atoms with E-state index in [1.165, 1.54) is 0 Å². The second-order valence-electron chi connectivity index (χ2n) is 7.68. The molecule has 0 radical (unpaired) electrons. The number of nitrogens with two attached hydrogens (primary N) is 2. The van der Waals surface area contributed by atoms with Gasteiger partial charge in [-0.1, -0.05) is 11.6 Å². The lowest BCUT2D eigenvalue weighted by Crippen LogP contribution is -1.91. The van der Waals surface area contributed by atoms with E-state index in [9.17, 15) is 0 Å². The van der Waals surface area contributed by atoms with Crippen LogP contribution in [0.5, 0.6) is 23.0 Å². The van der Waals surface area contributed by atoms with Crippen molar-refractivity contribution in [2.75, 3.05) is 11.5 Å². The first-order chi connectivity index (χ1) is 15.9. The van der Waals surface area contributed by atoms with E-state index < -0.39 is 0 Å². The average Bonchev–Trinajstić information content (AvgIpc) is 2.80. The average molecular weight is 458 g/mol. The highest BCUT2D eigenvalue weighted by Crippen LogP contribution is 2.33. The van der Waals surface area contributed by atoms with Crippen LogP contribution in [0.1, 0.15) is 16.7 Å². The summed E-state index contributed by atoms with van der Waals surface area (Å²) in [5.41, 5.74) is 16.8. The third-order valence-corrected chi connectivity index (χ3v) is 5.40. The van der Waals surface area contributed by atoms with Crippen LogP contribution in [0.3, 0.4) is 0 Å². The molecule has 0 aliphatic rings. The molecule has 0 saturated carbocycles. The summed E-state index contributed by atoms with van der Waals surface area (Å²) in [5.74, 6) is 2.71. The Morgan fingerprint density at radius 1 is 0.697 bits per heavy atom. The van der Waals surface area contributed by atoms with Crippen molar-refractivity contribution >= 4 is 34.9 Å². The molecule has 0 saturated heterocycles. The molecule has 0 heterocycles. The fourth-order valence-electron chi connectivity index (χ4n) is 3.11. The maximum atomic E-state index is 6.40. The van der Waals surface area contributed by atoms with Crippen LogP contribution in [0.2, 0.25) is 5.02 Å². The summed E-state index contributed by atoms with van der Waals surface area (Å²) in [6, 6.07) is 24.2. The molecule has 0 aliphatic heterocycles. The Morgan fingerprint density at radius 2 is 1.27 bits per heavy atom. The van der Waals surface area contributed by atoms with Gasteiger partial charge in [-0.3, -0.25) is 4.99 Å². The first-order valence-electron chi connectivity index (χ1n) is 10.4. The summed E-state index contributed by atoms with van der Waals surface area (Å²) in [7, 11) is 0. The van der Waals surface area contributed by atoms with Crippen molar-refractivity contribution in [3.63, 3.8) is 0 Å². The fourth-order valence-corrected chi connectivity index (χ4v) is 3.32. The van der Waals surface area contributed by atoms with Crippen LogP contribution < -0.4 is 20.9 Å². The number of nitrogens with zero attached hydrogens (tertiary/aromatic N) is 1. The second kappa shape index (κ2) is 9.67.